The lowest BCUT2D eigenvalue weighted by atomic mass is 9.85. The Kier molecular flexibility index (Phi) is 4.33. The second-order valence-electron chi connectivity index (χ2n) is 6.10. The van der Waals surface area contributed by atoms with Crippen molar-refractivity contribution in [1.29, 1.82) is 0 Å². The summed E-state index contributed by atoms with van der Waals surface area (Å²) in [6, 6.07) is 6.64. The Labute approximate surface area is 131 Å². The highest BCUT2D eigenvalue weighted by atomic mass is 79.9. The second kappa shape index (κ2) is 5.92. The number of piperidine rings is 1. The summed E-state index contributed by atoms with van der Waals surface area (Å²) < 4.78 is 39.4. The third-order valence-corrected chi connectivity index (χ3v) is 5.31. The fourth-order valence-corrected chi connectivity index (χ4v) is 4.08. The minimum absolute atomic E-state index is 0.242. The van der Waals surface area contributed by atoms with Crippen molar-refractivity contribution in [2.45, 2.75) is 44.3 Å². The van der Waals surface area contributed by atoms with Crippen molar-refractivity contribution >= 4 is 15.9 Å². The van der Waals surface area contributed by atoms with Crippen molar-refractivity contribution in [3.05, 3.63) is 33.8 Å². The maximum Gasteiger partial charge on any atom is 0.391 e. The van der Waals surface area contributed by atoms with Crippen molar-refractivity contribution in [3.63, 3.8) is 0 Å². The van der Waals surface area contributed by atoms with Gasteiger partial charge in [-0.1, -0.05) is 22.0 Å². The molecule has 3 rings (SSSR count). The van der Waals surface area contributed by atoms with Crippen LogP contribution in [0.25, 0.3) is 0 Å². The molecule has 0 bridgehead atoms. The Morgan fingerprint density at radius 3 is 2.48 bits per heavy atom. The number of hydrogen-bond donors (Lipinski definition) is 0. The smallest absolute Gasteiger partial charge is 0.296 e. The molecule has 116 valence electrons. The quantitative estimate of drug-likeness (QED) is 0.672. The third-order valence-electron chi connectivity index (χ3n) is 4.82. The molecular weight excluding hydrogens is 343 g/mol. The molecule has 21 heavy (non-hydrogen) atoms. The summed E-state index contributed by atoms with van der Waals surface area (Å²) in [6.45, 7) is 1.12. The molecule has 1 heterocycles. The van der Waals surface area contributed by atoms with Crippen LogP contribution in [0.3, 0.4) is 0 Å². The molecular formula is C16H19BrF3N. The fourth-order valence-electron chi connectivity index (χ4n) is 3.67. The lowest BCUT2D eigenvalue weighted by Crippen LogP contribution is -2.41. The monoisotopic (exact) mass is 361 g/mol. The van der Waals surface area contributed by atoms with E-state index in [9.17, 15) is 13.2 Å². The van der Waals surface area contributed by atoms with Gasteiger partial charge in [-0.05, 0) is 68.5 Å². The lowest BCUT2D eigenvalue weighted by Gasteiger charge is -2.40. The molecule has 1 nitrogen and oxygen atoms in total. The molecule has 0 N–H and O–H groups in total. The van der Waals surface area contributed by atoms with E-state index in [1.165, 1.54) is 11.1 Å². The summed E-state index contributed by atoms with van der Waals surface area (Å²) in [5.74, 6) is -1.11. The van der Waals surface area contributed by atoms with Crippen LogP contribution in [-0.4, -0.2) is 24.2 Å². The lowest BCUT2D eigenvalue weighted by molar-refractivity contribution is -0.186. The molecule has 1 saturated heterocycles. The number of fused-ring (bicyclic) bond motifs is 1. The SMILES string of the molecule is FC(F)(F)C1CCN(C2CCCc3cc(Br)ccc32)CC1. The van der Waals surface area contributed by atoms with Crippen LogP contribution < -0.4 is 0 Å². The van der Waals surface area contributed by atoms with Crippen molar-refractivity contribution in [3.8, 4) is 0 Å². The van der Waals surface area contributed by atoms with Crippen LogP contribution in [0.1, 0.15) is 42.9 Å². The van der Waals surface area contributed by atoms with Gasteiger partial charge in [0, 0.05) is 10.5 Å². The maximum atomic E-state index is 12.8. The Morgan fingerprint density at radius 1 is 1.10 bits per heavy atom. The van der Waals surface area contributed by atoms with Crippen molar-refractivity contribution in [2.75, 3.05) is 13.1 Å². The number of alkyl halides is 3. The Hall–Kier alpha value is -0.550. The highest BCUT2D eigenvalue weighted by Gasteiger charge is 2.42. The second-order valence-corrected chi connectivity index (χ2v) is 7.02. The summed E-state index contributed by atoms with van der Waals surface area (Å²) in [5.41, 5.74) is 2.66. The summed E-state index contributed by atoms with van der Waals surface area (Å²) in [7, 11) is 0. The van der Waals surface area contributed by atoms with Crippen LogP contribution >= 0.6 is 15.9 Å². The molecule has 0 spiro atoms. The molecule has 1 aliphatic carbocycles. The third kappa shape index (κ3) is 3.29. The van der Waals surface area contributed by atoms with Gasteiger partial charge in [0.2, 0.25) is 0 Å². The van der Waals surface area contributed by atoms with Gasteiger partial charge < -0.3 is 0 Å². The molecule has 2 aliphatic rings. The van der Waals surface area contributed by atoms with Crippen LogP contribution in [0.4, 0.5) is 13.2 Å². The van der Waals surface area contributed by atoms with Gasteiger partial charge in [-0.2, -0.15) is 13.2 Å². The van der Waals surface area contributed by atoms with Gasteiger partial charge in [0.15, 0.2) is 0 Å². The van der Waals surface area contributed by atoms with Crippen LogP contribution in [0.15, 0.2) is 22.7 Å². The average Bonchev–Trinajstić information content (AvgIpc) is 2.45. The maximum absolute atomic E-state index is 12.8. The van der Waals surface area contributed by atoms with Crippen molar-refractivity contribution in [1.82, 2.24) is 4.90 Å². The zero-order valence-electron chi connectivity index (χ0n) is 11.8. The molecule has 0 amide bonds. The predicted molar refractivity (Wildman–Crippen MR) is 80.2 cm³/mol. The van der Waals surface area contributed by atoms with Crippen LogP contribution in [0, 0.1) is 5.92 Å². The molecule has 1 aromatic rings. The van der Waals surface area contributed by atoms with Crippen LogP contribution in [-0.2, 0) is 6.42 Å². The van der Waals surface area contributed by atoms with Crippen molar-refractivity contribution < 1.29 is 13.2 Å². The minimum Gasteiger partial charge on any atom is -0.296 e. The molecule has 5 heteroatoms. The van der Waals surface area contributed by atoms with E-state index in [1.54, 1.807) is 0 Å². The van der Waals surface area contributed by atoms with E-state index < -0.39 is 12.1 Å². The number of halogens is 4. The summed E-state index contributed by atoms with van der Waals surface area (Å²) in [6.07, 6.45) is -0.290. The van der Waals surface area contributed by atoms with Gasteiger partial charge in [-0.3, -0.25) is 4.90 Å². The first kappa shape index (κ1) is 15.3. The Bertz CT molecular complexity index is 507. The van der Waals surface area contributed by atoms with Gasteiger partial charge in [0.25, 0.3) is 0 Å². The zero-order valence-corrected chi connectivity index (χ0v) is 13.4. The molecule has 0 saturated carbocycles. The molecule has 0 aromatic heterocycles. The van der Waals surface area contributed by atoms with E-state index in [0.29, 0.717) is 19.1 Å². The van der Waals surface area contributed by atoms with Crippen molar-refractivity contribution in [2.24, 2.45) is 5.92 Å². The van der Waals surface area contributed by atoms with E-state index in [-0.39, 0.29) is 12.8 Å². The molecule has 1 unspecified atom stereocenters. The summed E-state index contributed by atoms with van der Waals surface area (Å²) in [5, 5.41) is 0. The molecule has 1 aromatic carbocycles. The molecule has 1 atom stereocenters. The van der Waals surface area contributed by atoms with Gasteiger partial charge in [-0.25, -0.2) is 0 Å². The van der Waals surface area contributed by atoms with E-state index >= 15 is 0 Å². The van der Waals surface area contributed by atoms with Crippen LogP contribution in [0.2, 0.25) is 0 Å². The minimum atomic E-state index is -4.03. The normalized spacial score (nSPS) is 24.9. The molecule has 1 fully saturated rings. The Balaban J connectivity index is 1.73. The standard InChI is InChI=1S/C16H19BrF3N/c17-13-4-5-14-11(10-13)2-1-3-15(14)21-8-6-12(7-9-21)16(18,19)20/h4-5,10,12,15H,1-3,6-9H2. The fraction of sp³-hybridized carbons (Fsp3) is 0.625. The number of aryl methyl sites for hydroxylation is 1. The van der Waals surface area contributed by atoms with Gasteiger partial charge in [-0.15, -0.1) is 0 Å². The van der Waals surface area contributed by atoms with Crippen LogP contribution in [0.5, 0.6) is 0 Å². The number of rotatable bonds is 1. The highest BCUT2D eigenvalue weighted by Crippen LogP contribution is 2.40. The summed E-state index contributed by atoms with van der Waals surface area (Å²) in [4.78, 5) is 2.26. The number of hydrogen-bond acceptors (Lipinski definition) is 1. The largest absolute Gasteiger partial charge is 0.391 e. The van der Waals surface area contributed by atoms with E-state index in [0.717, 1.165) is 23.7 Å². The number of likely N-dealkylation sites (tertiary alicyclic amines) is 1. The molecule has 1 aliphatic heterocycles. The van der Waals surface area contributed by atoms with Gasteiger partial charge in [0.05, 0.1) is 5.92 Å². The van der Waals surface area contributed by atoms with E-state index in [4.69, 9.17) is 0 Å². The predicted octanol–water partition coefficient (Wildman–Crippen LogP) is 5.10. The topological polar surface area (TPSA) is 3.24 Å². The van der Waals surface area contributed by atoms with Gasteiger partial charge in [0.1, 0.15) is 0 Å². The first-order valence-corrected chi connectivity index (χ1v) is 8.33. The first-order chi connectivity index (χ1) is 9.95. The average molecular weight is 362 g/mol. The number of nitrogens with zero attached hydrogens (tertiary/aromatic N) is 1. The summed E-state index contributed by atoms with van der Waals surface area (Å²) >= 11 is 3.50. The number of benzene rings is 1. The molecule has 0 radical (unpaired) electrons. The Morgan fingerprint density at radius 2 is 1.81 bits per heavy atom. The van der Waals surface area contributed by atoms with E-state index in [2.05, 4.69) is 33.0 Å². The first-order valence-electron chi connectivity index (χ1n) is 7.54. The highest BCUT2D eigenvalue weighted by molar-refractivity contribution is 9.10. The van der Waals surface area contributed by atoms with Gasteiger partial charge >= 0.3 is 6.18 Å². The van der Waals surface area contributed by atoms with E-state index in [1.807, 2.05) is 6.07 Å². The zero-order chi connectivity index (χ0) is 15.0.